The van der Waals surface area contributed by atoms with Crippen molar-refractivity contribution in [3.05, 3.63) is 0 Å². The van der Waals surface area contributed by atoms with E-state index in [9.17, 15) is 0 Å². The largest absolute Gasteiger partial charge is 0.377 e. The van der Waals surface area contributed by atoms with E-state index in [4.69, 9.17) is 4.74 Å². The second-order valence-corrected chi connectivity index (χ2v) is 9.41. The van der Waals surface area contributed by atoms with Crippen molar-refractivity contribution in [2.24, 2.45) is 16.7 Å². The molecule has 2 heteroatoms. The number of ether oxygens (including phenoxy) is 1. The van der Waals surface area contributed by atoms with Gasteiger partial charge in [0.15, 0.2) is 0 Å². The van der Waals surface area contributed by atoms with Crippen molar-refractivity contribution in [1.29, 1.82) is 0 Å². The summed E-state index contributed by atoms with van der Waals surface area (Å²) in [4.78, 5) is 0. The zero-order valence-electron chi connectivity index (χ0n) is 14.5. The lowest BCUT2D eigenvalue weighted by Gasteiger charge is -2.39. The molecule has 2 fully saturated rings. The van der Waals surface area contributed by atoms with Crippen molar-refractivity contribution in [3.63, 3.8) is 0 Å². The Bertz CT molecular complexity index is 301. The summed E-state index contributed by atoms with van der Waals surface area (Å²) >= 11 is 0. The van der Waals surface area contributed by atoms with Gasteiger partial charge in [0.2, 0.25) is 0 Å². The molecular formula is C18H35NO. The first kappa shape index (κ1) is 16.3. The van der Waals surface area contributed by atoms with Crippen LogP contribution in [0.15, 0.2) is 0 Å². The minimum absolute atomic E-state index is 0.200. The smallest absolute Gasteiger partial charge is 0.0672 e. The molecule has 1 saturated heterocycles. The van der Waals surface area contributed by atoms with E-state index in [2.05, 4.69) is 46.9 Å². The summed E-state index contributed by atoms with van der Waals surface area (Å²) in [5, 5.41) is 3.77. The Kier molecular flexibility index (Phi) is 4.57. The highest BCUT2D eigenvalue weighted by Gasteiger charge is 2.50. The average molecular weight is 281 g/mol. The Hall–Kier alpha value is -0.0800. The van der Waals surface area contributed by atoms with Crippen molar-refractivity contribution in [1.82, 2.24) is 5.32 Å². The molecule has 118 valence electrons. The van der Waals surface area contributed by atoms with Crippen molar-refractivity contribution >= 4 is 0 Å². The van der Waals surface area contributed by atoms with Crippen molar-refractivity contribution in [2.75, 3.05) is 13.2 Å². The monoisotopic (exact) mass is 281 g/mol. The maximum Gasteiger partial charge on any atom is 0.0672 e. The number of nitrogens with one attached hydrogen (secondary N) is 1. The van der Waals surface area contributed by atoms with Gasteiger partial charge in [-0.1, -0.05) is 20.8 Å². The van der Waals surface area contributed by atoms with Gasteiger partial charge in [-0.2, -0.15) is 0 Å². The van der Waals surface area contributed by atoms with E-state index >= 15 is 0 Å². The molecule has 2 atom stereocenters. The Morgan fingerprint density at radius 3 is 2.25 bits per heavy atom. The third-order valence-electron chi connectivity index (χ3n) is 4.89. The van der Waals surface area contributed by atoms with Crippen LogP contribution in [0.5, 0.6) is 0 Å². The summed E-state index contributed by atoms with van der Waals surface area (Å²) in [7, 11) is 0. The van der Waals surface area contributed by atoms with Crippen molar-refractivity contribution in [2.45, 2.75) is 85.3 Å². The minimum atomic E-state index is 0.200. The molecule has 1 aliphatic heterocycles. The van der Waals surface area contributed by atoms with Gasteiger partial charge in [0.1, 0.15) is 0 Å². The summed E-state index contributed by atoms with van der Waals surface area (Å²) in [5.41, 5.74) is 0.999. The molecule has 20 heavy (non-hydrogen) atoms. The lowest BCUT2D eigenvalue weighted by atomic mass is 9.71. The van der Waals surface area contributed by atoms with Crippen LogP contribution in [0.4, 0.5) is 0 Å². The van der Waals surface area contributed by atoms with Gasteiger partial charge in [-0.25, -0.2) is 0 Å². The Balaban J connectivity index is 2.05. The van der Waals surface area contributed by atoms with Gasteiger partial charge in [0, 0.05) is 24.1 Å². The molecule has 2 aliphatic rings. The summed E-state index contributed by atoms with van der Waals surface area (Å²) in [6.45, 7) is 16.0. The topological polar surface area (TPSA) is 21.3 Å². The number of rotatable bonds is 5. The molecule has 0 aromatic carbocycles. The first-order valence-electron chi connectivity index (χ1n) is 8.48. The van der Waals surface area contributed by atoms with Gasteiger partial charge in [0.25, 0.3) is 0 Å². The zero-order chi connectivity index (χ0) is 15.0. The van der Waals surface area contributed by atoms with E-state index < -0.39 is 0 Å². The maximum atomic E-state index is 6.18. The number of hydrogen-bond donors (Lipinski definition) is 1. The zero-order valence-corrected chi connectivity index (χ0v) is 14.5. The van der Waals surface area contributed by atoms with Gasteiger partial charge in [-0.15, -0.1) is 0 Å². The summed E-state index contributed by atoms with van der Waals surface area (Å²) in [6, 6.07) is 0. The van der Waals surface area contributed by atoms with Crippen molar-refractivity contribution in [3.8, 4) is 0 Å². The molecule has 0 amide bonds. The van der Waals surface area contributed by atoms with Gasteiger partial charge in [-0.3, -0.25) is 0 Å². The highest BCUT2D eigenvalue weighted by molar-refractivity contribution is 5.01. The highest BCUT2D eigenvalue weighted by atomic mass is 16.5. The molecule has 2 rings (SSSR count). The quantitative estimate of drug-likeness (QED) is 0.807. The maximum absolute atomic E-state index is 6.18. The molecule has 2 unspecified atom stereocenters. The molecule has 1 N–H and O–H groups in total. The summed E-state index contributed by atoms with van der Waals surface area (Å²) < 4.78 is 6.18. The summed E-state index contributed by atoms with van der Waals surface area (Å²) in [5.74, 6) is 0.847. The number of hydrogen-bond acceptors (Lipinski definition) is 2. The van der Waals surface area contributed by atoms with E-state index in [0.29, 0.717) is 16.9 Å². The molecular weight excluding hydrogens is 246 g/mol. The Labute approximate surface area is 126 Å². The van der Waals surface area contributed by atoms with E-state index in [0.717, 1.165) is 19.1 Å². The fourth-order valence-electron chi connectivity index (χ4n) is 3.35. The molecule has 0 spiro atoms. The van der Waals surface area contributed by atoms with Crippen LogP contribution in [0, 0.1) is 16.7 Å². The van der Waals surface area contributed by atoms with Gasteiger partial charge < -0.3 is 10.1 Å². The van der Waals surface area contributed by atoms with Crippen molar-refractivity contribution < 1.29 is 4.74 Å². The van der Waals surface area contributed by atoms with Gasteiger partial charge in [-0.05, 0) is 64.2 Å². The average Bonchev–Trinajstić information content (AvgIpc) is 3.04. The van der Waals surface area contributed by atoms with Crippen LogP contribution in [0.1, 0.15) is 73.6 Å². The van der Waals surface area contributed by atoms with Crippen LogP contribution in [-0.4, -0.2) is 24.8 Å². The molecule has 0 bridgehead atoms. The fraction of sp³-hybridized carbons (Fsp3) is 1.00. The third-order valence-corrected chi connectivity index (χ3v) is 4.89. The highest BCUT2D eigenvalue weighted by Crippen LogP contribution is 2.51. The van der Waals surface area contributed by atoms with Crippen LogP contribution in [0.25, 0.3) is 0 Å². The molecule has 0 aromatic rings. The van der Waals surface area contributed by atoms with Crippen LogP contribution < -0.4 is 5.32 Å². The lowest BCUT2D eigenvalue weighted by Crippen LogP contribution is -2.48. The SMILES string of the molecule is CC(C)(C)CCC1(CNC(C)(C)C)CCOC1C1CC1. The normalized spacial score (nSPS) is 31.8. The predicted molar refractivity (Wildman–Crippen MR) is 86.0 cm³/mol. The Morgan fingerprint density at radius 1 is 1.10 bits per heavy atom. The predicted octanol–water partition coefficient (Wildman–Crippen LogP) is 4.39. The molecule has 1 heterocycles. The van der Waals surface area contributed by atoms with Gasteiger partial charge in [0.05, 0.1) is 6.10 Å². The molecule has 2 nitrogen and oxygen atoms in total. The third kappa shape index (κ3) is 4.46. The first-order chi connectivity index (χ1) is 9.11. The Morgan fingerprint density at radius 2 is 1.75 bits per heavy atom. The second-order valence-electron chi connectivity index (χ2n) is 9.41. The van der Waals surface area contributed by atoms with E-state index in [1.54, 1.807) is 0 Å². The van der Waals surface area contributed by atoms with Gasteiger partial charge >= 0.3 is 0 Å². The summed E-state index contributed by atoms with van der Waals surface area (Å²) in [6.07, 6.45) is 7.13. The van der Waals surface area contributed by atoms with Crippen LogP contribution in [-0.2, 0) is 4.74 Å². The molecule has 1 saturated carbocycles. The fourth-order valence-corrected chi connectivity index (χ4v) is 3.35. The van der Waals surface area contributed by atoms with Crippen LogP contribution in [0.3, 0.4) is 0 Å². The van der Waals surface area contributed by atoms with E-state index in [1.165, 1.54) is 32.1 Å². The molecule has 0 aromatic heterocycles. The molecule has 0 radical (unpaired) electrons. The standard InChI is InChI=1S/C18H35NO/c1-16(2,3)9-10-18(13-19-17(4,5)6)11-12-20-15(18)14-7-8-14/h14-15,19H,7-13H2,1-6H3. The van der Waals surface area contributed by atoms with Crippen LogP contribution >= 0.6 is 0 Å². The molecule has 1 aliphatic carbocycles. The van der Waals surface area contributed by atoms with E-state index in [-0.39, 0.29) is 5.54 Å². The van der Waals surface area contributed by atoms with Crippen LogP contribution in [0.2, 0.25) is 0 Å². The van der Waals surface area contributed by atoms with E-state index in [1.807, 2.05) is 0 Å². The lowest BCUT2D eigenvalue weighted by molar-refractivity contribution is 0.0187. The first-order valence-corrected chi connectivity index (χ1v) is 8.48. The minimum Gasteiger partial charge on any atom is -0.377 e. The second kappa shape index (κ2) is 5.61.